The van der Waals surface area contributed by atoms with Crippen LogP contribution < -0.4 is 5.73 Å². The maximum Gasteiger partial charge on any atom is 0.0882 e. The molecule has 3 heteroatoms. The second kappa shape index (κ2) is 3.23. The van der Waals surface area contributed by atoms with Gasteiger partial charge >= 0.3 is 0 Å². The molecule has 0 amide bonds. The Kier molecular flexibility index (Phi) is 2.34. The van der Waals surface area contributed by atoms with Crippen LogP contribution in [-0.4, -0.2) is 30.5 Å². The van der Waals surface area contributed by atoms with Crippen molar-refractivity contribution in [1.82, 2.24) is 0 Å². The molecule has 2 heterocycles. The fourth-order valence-electron chi connectivity index (χ4n) is 2.73. The van der Waals surface area contributed by atoms with E-state index in [4.69, 9.17) is 15.2 Å². The van der Waals surface area contributed by atoms with Crippen LogP contribution >= 0.6 is 0 Å². The van der Waals surface area contributed by atoms with Gasteiger partial charge in [-0.3, -0.25) is 0 Å². The van der Waals surface area contributed by atoms with Crippen LogP contribution in [0.5, 0.6) is 0 Å². The largest absolute Gasteiger partial charge is 0.375 e. The van der Waals surface area contributed by atoms with Crippen molar-refractivity contribution in [2.24, 2.45) is 5.73 Å². The van der Waals surface area contributed by atoms with Gasteiger partial charge in [-0.2, -0.15) is 0 Å². The minimum Gasteiger partial charge on any atom is -0.375 e. The highest BCUT2D eigenvalue weighted by Gasteiger charge is 2.47. The van der Waals surface area contributed by atoms with Crippen LogP contribution in [0.1, 0.15) is 33.1 Å². The Morgan fingerprint density at radius 2 is 1.85 bits per heavy atom. The van der Waals surface area contributed by atoms with Crippen LogP contribution in [0.25, 0.3) is 0 Å². The summed E-state index contributed by atoms with van der Waals surface area (Å²) in [6, 6.07) is 0.210. The van der Waals surface area contributed by atoms with Crippen LogP contribution in [0.15, 0.2) is 0 Å². The third kappa shape index (κ3) is 1.60. The molecule has 76 valence electrons. The molecule has 2 rings (SSSR count). The molecule has 0 bridgehead atoms. The van der Waals surface area contributed by atoms with Crippen molar-refractivity contribution >= 4 is 0 Å². The zero-order valence-electron chi connectivity index (χ0n) is 8.45. The normalized spacial score (nSPS) is 51.5. The van der Waals surface area contributed by atoms with Gasteiger partial charge in [0, 0.05) is 25.5 Å². The van der Waals surface area contributed by atoms with E-state index in [-0.39, 0.29) is 23.9 Å². The Bertz CT molecular complexity index is 185. The van der Waals surface area contributed by atoms with Crippen molar-refractivity contribution in [3.8, 4) is 0 Å². The Labute approximate surface area is 79.6 Å². The van der Waals surface area contributed by atoms with Crippen LogP contribution in [0.4, 0.5) is 0 Å². The van der Waals surface area contributed by atoms with Gasteiger partial charge in [-0.25, -0.2) is 0 Å². The van der Waals surface area contributed by atoms with E-state index >= 15 is 0 Å². The molecular formula is C10H19NO2. The quantitative estimate of drug-likeness (QED) is 0.613. The number of ether oxygens (including phenoxy) is 2. The summed E-state index contributed by atoms with van der Waals surface area (Å²) in [5.41, 5.74) is 6.02. The Morgan fingerprint density at radius 3 is 2.31 bits per heavy atom. The van der Waals surface area contributed by atoms with E-state index in [0.717, 1.165) is 25.9 Å². The molecule has 2 aliphatic heterocycles. The predicted molar refractivity (Wildman–Crippen MR) is 50.5 cm³/mol. The Balaban J connectivity index is 2.12. The summed E-state index contributed by atoms with van der Waals surface area (Å²) in [6.07, 6.45) is 3.48. The molecule has 3 nitrogen and oxygen atoms in total. The second-order valence-corrected chi connectivity index (χ2v) is 4.47. The lowest BCUT2D eigenvalue weighted by Crippen LogP contribution is -2.52. The van der Waals surface area contributed by atoms with Gasteiger partial charge in [-0.05, 0) is 20.3 Å². The summed E-state index contributed by atoms with van der Waals surface area (Å²) in [5.74, 6) is 0. The molecule has 13 heavy (non-hydrogen) atoms. The van der Waals surface area contributed by atoms with E-state index in [1.807, 2.05) is 0 Å². The van der Waals surface area contributed by atoms with Gasteiger partial charge in [0.15, 0.2) is 0 Å². The molecular weight excluding hydrogens is 166 g/mol. The lowest BCUT2D eigenvalue weighted by Gasteiger charge is -2.42. The van der Waals surface area contributed by atoms with E-state index in [2.05, 4.69) is 13.8 Å². The first kappa shape index (κ1) is 9.44. The monoisotopic (exact) mass is 185 g/mol. The summed E-state index contributed by atoms with van der Waals surface area (Å²) in [5, 5.41) is 0. The molecule has 2 aliphatic rings. The second-order valence-electron chi connectivity index (χ2n) is 4.47. The summed E-state index contributed by atoms with van der Waals surface area (Å²) in [4.78, 5) is 0. The van der Waals surface area contributed by atoms with Gasteiger partial charge in [0.25, 0.3) is 0 Å². The highest BCUT2D eigenvalue weighted by molar-refractivity contribution is 5.00. The summed E-state index contributed by atoms with van der Waals surface area (Å²) in [6.45, 7) is 5.03. The SMILES string of the molecule is C[C@@H]1CC2(C[C@H](C)O1)OCCC2N. The first-order valence-electron chi connectivity index (χ1n) is 5.17. The van der Waals surface area contributed by atoms with Crippen molar-refractivity contribution < 1.29 is 9.47 Å². The van der Waals surface area contributed by atoms with Crippen molar-refractivity contribution in [3.63, 3.8) is 0 Å². The minimum absolute atomic E-state index is 0.0723. The molecule has 1 spiro atoms. The average molecular weight is 185 g/mol. The first-order valence-corrected chi connectivity index (χ1v) is 5.17. The van der Waals surface area contributed by atoms with Crippen LogP contribution in [0.2, 0.25) is 0 Å². The molecule has 2 saturated heterocycles. The van der Waals surface area contributed by atoms with Crippen molar-refractivity contribution in [1.29, 1.82) is 0 Å². The van der Waals surface area contributed by atoms with Gasteiger partial charge in [-0.15, -0.1) is 0 Å². The first-order chi connectivity index (χ1) is 6.12. The summed E-state index contributed by atoms with van der Waals surface area (Å²) in [7, 11) is 0. The molecule has 0 aromatic heterocycles. The van der Waals surface area contributed by atoms with E-state index in [9.17, 15) is 0 Å². The van der Waals surface area contributed by atoms with E-state index in [1.165, 1.54) is 0 Å². The Hall–Kier alpha value is -0.120. The minimum atomic E-state index is -0.0723. The number of hydrogen-bond donors (Lipinski definition) is 1. The smallest absolute Gasteiger partial charge is 0.0882 e. The maximum atomic E-state index is 6.09. The lowest BCUT2D eigenvalue weighted by molar-refractivity contribution is -0.142. The van der Waals surface area contributed by atoms with Gasteiger partial charge in [-0.1, -0.05) is 0 Å². The van der Waals surface area contributed by atoms with Gasteiger partial charge in [0.1, 0.15) is 0 Å². The fourth-order valence-corrected chi connectivity index (χ4v) is 2.73. The van der Waals surface area contributed by atoms with Crippen molar-refractivity contribution in [2.75, 3.05) is 6.61 Å². The van der Waals surface area contributed by atoms with Crippen LogP contribution in [-0.2, 0) is 9.47 Å². The summed E-state index contributed by atoms with van der Waals surface area (Å²) < 4.78 is 11.5. The number of hydrogen-bond acceptors (Lipinski definition) is 3. The molecule has 2 unspecified atom stereocenters. The molecule has 4 atom stereocenters. The molecule has 0 saturated carbocycles. The summed E-state index contributed by atoms with van der Waals surface area (Å²) >= 11 is 0. The molecule has 0 aromatic carbocycles. The van der Waals surface area contributed by atoms with Gasteiger partial charge in [0.2, 0.25) is 0 Å². The van der Waals surface area contributed by atoms with Crippen molar-refractivity contribution in [3.05, 3.63) is 0 Å². The lowest BCUT2D eigenvalue weighted by atomic mass is 9.82. The zero-order valence-corrected chi connectivity index (χ0v) is 8.45. The third-order valence-electron chi connectivity index (χ3n) is 3.22. The highest BCUT2D eigenvalue weighted by atomic mass is 16.5. The average Bonchev–Trinajstić information content (AvgIpc) is 2.30. The van der Waals surface area contributed by atoms with E-state index in [1.54, 1.807) is 0 Å². The number of rotatable bonds is 0. The standard InChI is InChI=1S/C10H19NO2/c1-7-5-10(6-8(2)13-7)9(11)3-4-12-10/h7-9H,3-6,11H2,1-2H3/t7-,8+,9?,10?. The molecule has 0 radical (unpaired) electrons. The molecule has 2 fully saturated rings. The zero-order chi connectivity index (χ0) is 9.47. The predicted octanol–water partition coefficient (Wildman–Crippen LogP) is 1.06. The topological polar surface area (TPSA) is 44.5 Å². The maximum absolute atomic E-state index is 6.09. The van der Waals surface area contributed by atoms with E-state index < -0.39 is 0 Å². The van der Waals surface area contributed by atoms with E-state index in [0.29, 0.717) is 0 Å². The van der Waals surface area contributed by atoms with Crippen LogP contribution in [0, 0.1) is 0 Å². The van der Waals surface area contributed by atoms with Crippen LogP contribution in [0.3, 0.4) is 0 Å². The number of nitrogens with two attached hydrogens (primary N) is 1. The highest BCUT2D eigenvalue weighted by Crippen LogP contribution is 2.38. The third-order valence-corrected chi connectivity index (χ3v) is 3.22. The fraction of sp³-hybridized carbons (Fsp3) is 1.00. The Morgan fingerprint density at radius 1 is 1.23 bits per heavy atom. The van der Waals surface area contributed by atoms with Crippen molar-refractivity contribution in [2.45, 2.75) is 57.0 Å². The molecule has 2 N–H and O–H groups in total. The molecule has 0 aliphatic carbocycles. The molecule has 0 aromatic rings. The van der Waals surface area contributed by atoms with Gasteiger partial charge in [0.05, 0.1) is 17.8 Å². The van der Waals surface area contributed by atoms with Gasteiger partial charge < -0.3 is 15.2 Å².